The topological polar surface area (TPSA) is 75.4 Å². The molecular weight excluding hydrogens is 244 g/mol. The zero-order valence-corrected chi connectivity index (χ0v) is 10.2. The van der Waals surface area contributed by atoms with E-state index in [9.17, 15) is 15.2 Å². The van der Waals surface area contributed by atoms with Gasteiger partial charge in [0.15, 0.2) is 0 Å². The molecule has 0 aromatic heterocycles. The molecule has 0 amide bonds. The highest BCUT2D eigenvalue weighted by atomic mass is 16.6. The highest BCUT2D eigenvalue weighted by molar-refractivity contribution is 5.34. The minimum atomic E-state index is -0.404. The SMILES string of the molecule is O=[N+]([O-])c1cccc(CNCc2cccc(O)c2)c1. The number of nitro groups is 1. The van der Waals surface area contributed by atoms with Gasteiger partial charge >= 0.3 is 0 Å². The third kappa shape index (κ3) is 3.79. The smallest absolute Gasteiger partial charge is 0.269 e. The Morgan fingerprint density at radius 2 is 1.68 bits per heavy atom. The molecule has 0 atom stereocenters. The van der Waals surface area contributed by atoms with Gasteiger partial charge in [0, 0.05) is 25.2 Å². The Bertz CT molecular complexity index is 584. The van der Waals surface area contributed by atoms with Crippen molar-refractivity contribution in [3.05, 3.63) is 69.8 Å². The number of non-ortho nitro benzene ring substituents is 1. The second kappa shape index (κ2) is 5.97. The maximum absolute atomic E-state index is 10.6. The summed E-state index contributed by atoms with van der Waals surface area (Å²) in [5.74, 6) is 0.231. The van der Waals surface area contributed by atoms with E-state index in [2.05, 4.69) is 5.32 Å². The van der Waals surface area contributed by atoms with Crippen molar-refractivity contribution in [2.45, 2.75) is 13.1 Å². The minimum absolute atomic E-state index is 0.0941. The number of nitro benzene ring substituents is 1. The van der Waals surface area contributed by atoms with Crippen LogP contribution in [0, 0.1) is 10.1 Å². The highest BCUT2D eigenvalue weighted by Crippen LogP contribution is 2.13. The van der Waals surface area contributed by atoms with Gasteiger partial charge in [-0.05, 0) is 23.3 Å². The summed E-state index contributed by atoms with van der Waals surface area (Å²) in [5, 5.41) is 23.1. The average Bonchev–Trinajstić information content (AvgIpc) is 2.39. The molecule has 0 spiro atoms. The first-order valence-corrected chi connectivity index (χ1v) is 5.87. The quantitative estimate of drug-likeness (QED) is 0.638. The molecule has 5 nitrogen and oxygen atoms in total. The first-order valence-electron chi connectivity index (χ1n) is 5.87. The molecule has 0 heterocycles. The summed E-state index contributed by atoms with van der Waals surface area (Å²) in [6.07, 6.45) is 0. The number of phenolic OH excluding ortho intramolecular Hbond substituents is 1. The number of hydrogen-bond acceptors (Lipinski definition) is 4. The molecule has 0 bridgehead atoms. The van der Waals surface area contributed by atoms with Crippen LogP contribution in [-0.4, -0.2) is 10.0 Å². The lowest BCUT2D eigenvalue weighted by atomic mass is 10.2. The van der Waals surface area contributed by atoms with E-state index in [0.29, 0.717) is 13.1 Å². The van der Waals surface area contributed by atoms with Crippen LogP contribution >= 0.6 is 0 Å². The van der Waals surface area contributed by atoms with Gasteiger partial charge in [0.05, 0.1) is 4.92 Å². The van der Waals surface area contributed by atoms with Gasteiger partial charge < -0.3 is 10.4 Å². The molecule has 2 N–H and O–H groups in total. The van der Waals surface area contributed by atoms with E-state index in [1.165, 1.54) is 6.07 Å². The standard InChI is InChI=1S/C14H14N2O3/c17-14-6-2-4-12(8-14)10-15-9-11-3-1-5-13(7-11)16(18)19/h1-8,15,17H,9-10H2. The molecule has 2 aromatic carbocycles. The van der Waals surface area contributed by atoms with Gasteiger partial charge in [-0.2, -0.15) is 0 Å². The largest absolute Gasteiger partial charge is 0.508 e. The van der Waals surface area contributed by atoms with Gasteiger partial charge in [-0.15, -0.1) is 0 Å². The Hall–Kier alpha value is -2.40. The zero-order chi connectivity index (χ0) is 13.7. The van der Waals surface area contributed by atoms with E-state index >= 15 is 0 Å². The minimum Gasteiger partial charge on any atom is -0.508 e. The van der Waals surface area contributed by atoms with Crippen LogP contribution in [0.5, 0.6) is 5.75 Å². The number of phenols is 1. The van der Waals surface area contributed by atoms with Crippen LogP contribution in [0.4, 0.5) is 5.69 Å². The third-order valence-corrected chi connectivity index (χ3v) is 2.69. The monoisotopic (exact) mass is 258 g/mol. The summed E-state index contributed by atoms with van der Waals surface area (Å²) in [6, 6.07) is 13.5. The van der Waals surface area contributed by atoms with Crippen LogP contribution in [0.3, 0.4) is 0 Å². The van der Waals surface area contributed by atoms with Crippen LogP contribution in [0.25, 0.3) is 0 Å². The summed E-state index contributed by atoms with van der Waals surface area (Å²) >= 11 is 0. The average molecular weight is 258 g/mol. The molecule has 98 valence electrons. The van der Waals surface area contributed by atoms with Crippen molar-refractivity contribution >= 4 is 5.69 Å². The van der Waals surface area contributed by atoms with Crippen LogP contribution < -0.4 is 5.32 Å². The van der Waals surface area contributed by atoms with Crippen LogP contribution in [0.1, 0.15) is 11.1 Å². The summed E-state index contributed by atoms with van der Waals surface area (Å²) in [5.41, 5.74) is 1.91. The zero-order valence-electron chi connectivity index (χ0n) is 10.2. The molecule has 0 fully saturated rings. The first kappa shape index (κ1) is 13.0. The number of rotatable bonds is 5. The molecule has 0 unspecified atom stereocenters. The van der Waals surface area contributed by atoms with Crippen molar-refractivity contribution in [2.24, 2.45) is 0 Å². The van der Waals surface area contributed by atoms with Crippen LogP contribution in [0.2, 0.25) is 0 Å². The summed E-state index contributed by atoms with van der Waals surface area (Å²) in [4.78, 5) is 10.2. The predicted octanol–water partition coefficient (Wildman–Crippen LogP) is 2.59. The molecular formula is C14H14N2O3. The Labute approximate surface area is 110 Å². The second-order valence-corrected chi connectivity index (χ2v) is 4.20. The van der Waals surface area contributed by atoms with E-state index in [1.54, 1.807) is 30.3 Å². The fourth-order valence-corrected chi connectivity index (χ4v) is 1.80. The lowest BCUT2D eigenvalue weighted by Crippen LogP contribution is -2.12. The van der Waals surface area contributed by atoms with Gasteiger partial charge in [-0.3, -0.25) is 10.1 Å². The van der Waals surface area contributed by atoms with E-state index < -0.39 is 4.92 Å². The molecule has 0 radical (unpaired) electrons. The summed E-state index contributed by atoms with van der Waals surface area (Å²) in [7, 11) is 0. The predicted molar refractivity (Wildman–Crippen MR) is 71.7 cm³/mol. The molecule has 0 saturated heterocycles. The van der Waals surface area contributed by atoms with E-state index in [1.807, 2.05) is 12.1 Å². The first-order chi connectivity index (χ1) is 9.15. The fourth-order valence-electron chi connectivity index (χ4n) is 1.80. The van der Waals surface area contributed by atoms with Crippen molar-refractivity contribution in [1.82, 2.24) is 5.32 Å². The summed E-state index contributed by atoms with van der Waals surface area (Å²) in [6.45, 7) is 1.13. The van der Waals surface area contributed by atoms with Crippen molar-refractivity contribution in [1.29, 1.82) is 0 Å². The van der Waals surface area contributed by atoms with E-state index in [4.69, 9.17) is 0 Å². The summed E-state index contributed by atoms with van der Waals surface area (Å²) < 4.78 is 0. The third-order valence-electron chi connectivity index (χ3n) is 2.69. The molecule has 0 aliphatic heterocycles. The van der Waals surface area contributed by atoms with Crippen molar-refractivity contribution in [3.8, 4) is 5.75 Å². The van der Waals surface area contributed by atoms with Crippen LogP contribution in [0.15, 0.2) is 48.5 Å². The lowest BCUT2D eigenvalue weighted by Gasteiger charge is -2.05. The maximum Gasteiger partial charge on any atom is 0.269 e. The van der Waals surface area contributed by atoms with Crippen molar-refractivity contribution in [3.63, 3.8) is 0 Å². The molecule has 0 aliphatic rings. The molecule has 2 aromatic rings. The van der Waals surface area contributed by atoms with E-state index in [0.717, 1.165) is 11.1 Å². The number of benzene rings is 2. The maximum atomic E-state index is 10.6. The van der Waals surface area contributed by atoms with Gasteiger partial charge in [0.25, 0.3) is 5.69 Å². The molecule has 5 heteroatoms. The normalized spacial score (nSPS) is 10.3. The Morgan fingerprint density at radius 1 is 1.05 bits per heavy atom. The molecule has 2 rings (SSSR count). The van der Waals surface area contributed by atoms with Crippen molar-refractivity contribution < 1.29 is 10.0 Å². The Balaban J connectivity index is 1.92. The van der Waals surface area contributed by atoms with Gasteiger partial charge in [-0.25, -0.2) is 0 Å². The van der Waals surface area contributed by atoms with Crippen molar-refractivity contribution in [2.75, 3.05) is 0 Å². The van der Waals surface area contributed by atoms with Gasteiger partial charge in [-0.1, -0.05) is 24.3 Å². The molecule has 19 heavy (non-hydrogen) atoms. The van der Waals surface area contributed by atoms with Crippen LogP contribution in [-0.2, 0) is 13.1 Å². The number of hydrogen-bond donors (Lipinski definition) is 2. The second-order valence-electron chi connectivity index (χ2n) is 4.20. The van der Waals surface area contributed by atoms with Gasteiger partial charge in [0.1, 0.15) is 5.75 Å². The highest BCUT2D eigenvalue weighted by Gasteiger charge is 2.05. The lowest BCUT2D eigenvalue weighted by molar-refractivity contribution is -0.384. The number of nitrogens with zero attached hydrogens (tertiary/aromatic N) is 1. The molecule has 0 aliphatic carbocycles. The number of aromatic hydroxyl groups is 1. The molecule has 0 saturated carbocycles. The Morgan fingerprint density at radius 3 is 2.32 bits per heavy atom. The number of nitrogens with one attached hydrogen (secondary N) is 1. The fraction of sp³-hybridized carbons (Fsp3) is 0.143. The van der Waals surface area contributed by atoms with Gasteiger partial charge in [0.2, 0.25) is 0 Å². The van der Waals surface area contributed by atoms with E-state index in [-0.39, 0.29) is 11.4 Å². The Kier molecular flexibility index (Phi) is 4.10.